The number of hydrogen-bond acceptors (Lipinski definition) is 7. The van der Waals surface area contributed by atoms with Gasteiger partial charge in [0, 0.05) is 31.0 Å². The maximum absolute atomic E-state index is 12.3. The van der Waals surface area contributed by atoms with Crippen molar-refractivity contribution in [2.24, 2.45) is 0 Å². The summed E-state index contributed by atoms with van der Waals surface area (Å²) in [7, 11) is 0. The lowest BCUT2D eigenvalue weighted by atomic mass is 9.87. The third-order valence-corrected chi connectivity index (χ3v) is 5.40. The number of thioether (sulfide) groups is 1. The summed E-state index contributed by atoms with van der Waals surface area (Å²) in [6.07, 6.45) is 0. The van der Waals surface area contributed by atoms with Gasteiger partial charge < -0.3 is 14.5 Å². The molecule has 0 radical (unpaired) electrons. The maximum Gasteiger partial charge on any atom is 0.276 e. The molecule has 1 aromatic carbocycles. The number of morpholine rings is 1. The van der Waals surface area contributed by atoms with Crippen LogP contribution in [0.4, 0.5) is 0 Å². The van der Waals surface area contributed by atoms with Gasteiger partial charge in [-0.2, -0.15) is 0 Å². The van der Waals surface area contributed by atoms with Gasteiger partial charge >= 0.3 is 0 Å². The maximum atomic E-state index is 12.3. The third-order valence-electron chi connectivity index (χ3n) is 4.60. The van der Waals surface area contributed by atoms with Gasteiger partial charge in [0.25, 0.3) is 11.1 Å². The SMILES string of the molecule is CC(C)(C)c1ccc(C(=O)NCc2nnc(SCCN3CCOCC3)o2)cc1. The second kappa shape index (κ2) is 9.54. The summed E-state index contributed by atoms with van der Waals surface area (Å²) in [5.74, 6) is 1.14. The molecule has 1 N–H and O–H groups in total. The summed E-state index contributed by atoms with van der Waals surface area (Å²) in [4.78, 5) is 14.7. The molecule has 1 amide bonds. The van der Waals surface area contributed by atoms with E-state index in [9.17, 15) is 4.79 Å². The first kappa shape index (κ1) is 20.8. The molecule has 1 saturated heterocycles. The third kappa shape index (κ3) is 6.05. The Bertz CT molecular complexity index is 765. The fraction of sp³-hybridized carbons (Fsp3) is 0.550. The van der Waals surface area contributed by atoms with Crippen LogP contribution < -0.4 is 5.32 Å². The van der Waals surface area contributed by atoms with Crippen molar-refractivity contribution in [2.45, 2.75) is 38.0 Å². The molecule has 1 aliphatic heterocycles. The van der Waals surface area contributed by atoms with Crippen molar-refractivity contribution in [3.8, 4) is 0 Å². The fourth-order valence-corrected chi connectivity index (χ4v) is 3.61. The van der Waals surface area contributed by atoms with Gasteiger partial charge in [-0.25, -0.2) is 0 Å². The molecule has 0 bridgehead atoms. The van der Waals surface area contributed by atoms with Crippen molar-refractivity contribution in [1.29, 1.82) is 0 Å². The highest BCUT2D eigenvalue weighted by Crippen LogP contribution is 2.22. The minimum atomic E-state index is -0.153. The van der Waals surface area contributed by atoms with Gasteiger partial charge in [0.15, 0.2) is 0 Å². The number of hydrogen-bond donors (Lipinski definition) is 1. The zero-order valence-electron chi connectivity index (χ0n) is 16.7. The lowest BCUT2D eigenvalue weighted by molar-refractivity contribution is 0.0410. The van der Waals surface area contributed by atoms with Gasteiger partial charge in [-0.15, -0.1) is 10.2 Å². The number of carbonyl (C=O) groups is 1. The normalized spacial score (nSPS) is 15.5. The predicted molar refractivity (Wildman–Crippen MR) is 109 cm³/mol. The second-order valence-corrected chi connectivity index (χ2v) is 8.82. The van der Waals surface area contributed by atoms with Crippen LogP contribution in [0.25, 0.3) is 0 Å². The highest BCUT2D eigenvalue weighted by Gasteiger charge is 2.15. The first-order valence-electron chi connectivity index (χ1n) is 9.56. The molecule has 0 spiro atoms. The summed E-state index contributed by atoms with van der Waals surface area (Å²) in [6.45, 7) is 11.2. The van der Waals surface area contributed by atoms with Crippen LogP contribution in [0.1, 0.15) is 42.6 Å². The summed E-state index contributed by atoms with van der Waals surface area (Å²) in [6, 6.07) is 7.67. The fourth-order valence-electron chi connectivity index (χ4n) is 2.83. The summed E-state index contributed by atoms with van der Waals surface area (Å²) < 4.78 is 10.9. The van der Waals surface area contributed by atoms with Crippen molar-refractivity contribution in [3.63, 3.8) is 0 Å². The van der Waals surface area contributed by atoms with E-state index in [4.69, 9.17) is 9.15 Å². The molecule has 1 aliphatic rings. The van der Waals surface area contributed by atoms with E-state index in [1.807, 2.05) is 24.3 Å². The Labute approximate surface area is 170 Å². The van der Waals surface area contributed by atoms with Crippen LogP contribution in [0, 0.1) is 0 Å². The van der Waals surface area contributed by atoms with E-state index in [0.29, 0.717) is 16.7 Å². The minimum Gasteiger partial charge on any atom is -0.414 e. The summed E-state index contributed by atoms with van der Waals surface area (Å²) >= 11 is 1.53. The van der Waals surface area contributed by atoms with Crippen LogP contribution in [-0.4, -0.2) is 59.6 Å². The largest absolute Gasteiger partial charge is 0.414 e. The first-order chi connectivity index (χ1) is 13.4. The Balaban J connectivity index is 1.42. The first-order valence-corrected chi connectivity index (χ1v) is 10.5. The molecule has 0 unspecified atom stereocenters. The molecule has 0 aliphatic carbocycles. The Hall–Kier alpha value is -1.90. The quantitative estimate of drug-likeness (QED) is 0.711. The number of nitrogens with zero attached hydrogens (tertiary/aromatic N) is 3. The molecular formula is C20H28N4O3S. The van der Waals surface area contributed by atoms with Crippen molar-refractivity contribution < 1.29 is 13.9 Å². The molecule has 0 atom stereocenters. The number of benzene rings is 1. The number of aromatic nitrogens is 2. The van der Waals surface area contributed by atoms with Crippen molar-refractivity contribution in [3.05, 3.63) is 41.3 Å². The van der Waals surface area contributed by atoms with Crippen LogP contribution in [0.5, 0.6) is 0 Å². The van der Waals surface area contributed by atoms with E-state index in [2.05, 4.69) is 41.2 Å². The van der Waals surface area contributed by atoms with E-state index < -0.39 is 0 Å². The van der Waals surface area contributed by atoms with E-state index in [0.717, 1.165) is 38.6 Å². The lowest BCUT2D eigenvalue weighted by Gasteiger charge is -2.25. The minimum absolute atomic E-state index is 0.0641. The number of nitrogens with one attached hydrogen (secondary N) is 1. The molecule has 0 saturated carbocycles. The van der Waals surface area contributed by atoms with Gasteiger partial charge in [-0.3, -0.25) is 9.69 Å². The van der Waals surface area contributed by atoms with Gasteiger partial charge in [0.1, 0.15) is 0 Å². The number of rotatable bonds is 7. The average Bonchev–Trinajstić information content (AvgIpc) is 3.14. The number of amides is 1. The van der Waals surface area contributed by atoms with Crippen LogP contribution in [0.3, 0.4) is 0 Å². The Morgan fingerprint density at radius 2 is 1.89 bits per heavy atom. The zero-order valence-corrected chi connectivity index (χ0v) is 17.6. The summed E-state index contributed by atoms with van der Waals surface area (Å²) in [5, 5.41) is 11.4. The standard InChI is InChI=1S/C20H28N4O3S/c1-20(2,3)16-6-4-15(5-7-16)18(25)21-14-17-22-23-19(27-17)28-13-10-24-8-11-26-12-9-24/h4-7H,8-14H2,1-3H3,(H,21,25). The second-order valence-electron chi connectivity index (χ2n) is 7.77. The molecule has 152 valence electrons. The lowest BCUT2D eigenvalue weighted by Crippen LogP contribution is -2.37. The Kier molecular flexibility index (Phi) is 7.09. The monoisotopic (exact) mass is 404 g/mol. The van der Waals surface area contributed by atoms with Crippen LogP contribution in [0.15, 0.2) is 33.9 Å². The molecule has 8 heteroatoms. The molecule has 7 nitrogen and oxygen atoms in total. The van der Waals surface area contributed by atoms with E-state index >= 15 is 0 Å². The molecule has 3 rings (SSSR count). The predicted octanol–water partition coefficient (Wildman–Crippen LogP) is 2.72. The van der Waals surface area contributed by atoms with Gasteiger partial charge in [-0.05, 0) is 23.1 Å². The molecule has 2 aromatic rings. The van der Waals surface area contributed by atoms with Crippen LogP contribution in [-0.2, 0) is 16.7 Å². The topological polar surface area (TPSA) is 80.5 Å². The Morgan fingerprint density at radius 1 is 1.18 bits per heavy atom. The number of ether oxygens (including phenoxy) is 1. The van der Waals surface area contributed by atoms with Gasteiger partial charge in [0.2, 0.25) is 5.89 Å². The zero-order chi connectivity index (χ0) is 20.0. The van der Waals surface area contributed by atoms with E-state index in [-0.39, 0.29) is 17.9 Å². The van der Waals surface area contributed by atoms with Crippen LogP contribution in [0.2, 0.25) is 0 Å². The molecule has 1 fully saturated rings. The Morgan fingerprint density at radius 3 is 2.57 bits per heavy atom. The molecular weight excluding hydrogens is 376 g/mol. The molecule has 28 heavy (non-hydrogen) atoms. The van der Waals surface area contributed by atoms with Crippen LogP contribution >= 0.6 is 11.8 Å². The highest BCUT2D eigenvalue weighted by atomic mass is 32.2. The van der Waals surface area contributed by atoms with Gasteiger partial charge in [0.05, 0.1) is 19.8 Å². The molecule has 2 heterocycles. The molecule has 1 aromatic heterocycles. The average molecular weight is 405 g/mol. The summed E-state index contributed by atoms with van der Waals surface area (Å²) in [5.41, 5.74) is 1.88. The van der Waals surface area contributed by atoms with Gasteiger partial charge in [-0.1, -0.05) is 44.7 Å². The van der Waals surface area contributed by atoms with Crippen molar-refractivity contribution >= 4 is 17.7 Å². The van der Waals surface area contributed by atoms with Crippen molar-refractivity contribution in [2.75, 3.05) is 38.6 Å². The van der Waals surface area contributed by atoms with E-state index in [1.165, 1.54) is 17.3 Å². The number of carbonyl (C=O) groups excluding carboxylic acids is 1. The van der Waals surface area contributed by atoms with Crippen molar-refractivity contribution in [1.82, 2.24) is 20.4 Å². The van der Waals surface area contributed by atoms with E-state index in [1.54, 1.807) is 0 Å². The highest BCUT2D eigenvalue weighted by molar-refractivity contribution is 7.99. The smallest absolute Gasteiger partial charge is 0.276 e.